The fourth-order valence-corrected chi connectivity index (χ4v) is 6.95. The highest BCUT2D eigenvalue weighted by Gasteiger charge is 2.14. The molecule has 6 nitrogen and oxygen atoms in total. The van der Waals surface area contributed by atoms with Gasteiger partial charge in [0.25, 0.3) is 0 Å². The molecule has 306 valence electrons. The van der Waals surface area contributed by atoms with Crippen LogP contribution in [-0.4, -0.2) is 69.7 Å². The van der Waals surface area contributed by atoms with Gasteiger partial charge in [0.1, 0.15) is 6.61 Å². The SMILES string of the molecule is CCCCCCCCC=CCCCCCCCCOCC(CNC(=O)OCCN1CCCC1)OCCCCCCCCC=CCCCCCCCC. The molecule has 1 saturated heterocycles. The van der Waals surface area contributed by atoms with Gasteiger partial charge in [0.2, 0.25) is 0 Å². The Labute approximate surface area is 324 Å². The van der Waals surface area contributed by atoms with Crippen molar-refractivity contribution in [1.29, 1.82) is 0 Å². The Morgan fingerprint density at radius 3 is 1.46 bits per heavy atom. The Kier molecular flexibility index (Phi) is 38.2. The van der Waals surface area contributed by atoms with Gasteiger partial charge in [-0.25, -0.2) is 4.79 Å². The Balaban J connectivity index is 2.10. The lowest BCUT2D eigenvalue weighted by Gasteiger charge is -2.19. The van der Waals surface area contributed by atoms with Gasteiger partial charge in [-0.1, -0.05) is 154 Å². The number of unbranched alkanes of at least 4 members (excludes halogenated alkanes) is 24. The number of carbonyl (C=O) groups excluding carboxylic acids is 1. The molecule has 6 heteroatoms. The highest BCUT2D eigenvalue weighted by atomic mass is 16.6. The summed E-state index contributed by atoms with van der Waals surface area (Å²) < 4.78 is 17.7. The first-order valence-electron chi connectivity index (χ1n) is 22.9. The number of carbonyl (C=O) groups is 1. The molecular weight excluding hydrogens is 645 g/mol. The molecule has 0 aliphatic carbocycles. The molecule has 1 unspecified atom stereocenters. The van der Waals surface area contributed by atoms with E-state index in [0.717, 1.165) is 45.7 Å². The van der Waals surface area contributed by atoms with Crippen molar-refractivity contribution in [1.82, 2.24) is 10.2 Å². The van der Waals surface area contributed by atoms with Crippen LogP contribution in [-0.2, 0) is 14.2 Å². The maximum Gasteiger partial charge on any atom is 0.407 e. The molecule has 0 radical (unpaired) electrons. The van der Waals surface area contributed by atoms with E-state index in [4.69, 9.17) is 14.2 Å². The quantitative estimate of drug-likeness (QED) is 0.0502. The van der Waals surface area contributed by atoms with E-state index < -0.39 is 0 Å². The lowest BCUT2D eigenvalue weighted by molar-refractivity contribution is -0.0175. The number of nitrogens with zero attached hydrogens (tertiary/aromatic N) is 1. The lowest BCUT2D eigenvalue weighted by Crippen LogP contribution is -2.38. The summed E-state index contributed by atoms with van der Waals surface area (Å²) in [6, 6.07) is 0. The molecule has 1 atom stereocenters. The summed E-state index contributed by atoms with van der Waals surface area (Å²) in [6.45, 7) is 10.5. The number of allylic oxidation sites excluding steroid dienone is 4. The summed E-state index contributed by atoms with van der Waals surface area (Å²) in [5.41, 5.74) is 0. The fourth-order valence-electron chi connectivity index (χ4n) is 6.95. The minimum atomic E-state index is -0.349. The minimum absolute atomic E-state index is 0.136. The molecule has 1 aliphatic heterocycles. The molecule has 0 aromatic carbocycles. The van der Waals surface area contributed by atoms with Gasteiger partial charge < -0.3 is 19.5 Å². The molecule has 0 aromatic rings. The van der Waals surface area contributed by atoms with Crippen molar-refractivity contribution < 1.29 is 19.0 Å². The Hall–Kier alpha value is -1.37. The average molecular weight is 733 g/mol. The first kappa shape index (κ1) is 48.6. The van der Waals surface area contributed by atoms with Crippen LogP contribution in [0, 0.1) is 0 Å². The predicted molar refractivity (Wildman–Crippen MR) is 224 cm³/mol. The Bertz CT molecular complexity index is 782. The number of nitrogens with one attached hydrogen (secondary N) is 1. The zero-order valence-corrected chi connectivity index (χ0v) is 34.8. The van der Waals surface area contributed by atoms with Crippen LogP contribution in [0.3, 0.4) is 0 Å². The van der Waals surface area contributed by atoms with Crippen molar-refractivity contribution in [3.8, 4) is 0 Å². The average Bonchev–Trinajstić information content (AvgIpc) is 3.68. The van der Waals surface area contributed by atoms with Crippen LogP contribution >= 0.6 is 0 Å². The fraction of sp³-hybridized carbons (Fsp3) is 0.891. The van der Waals surface area contributed by atoms with Crippen LogP contribution in [0.2, 0.25) is 0 Å². The van der Waals surface area contributed by atoms with Gasteiger partial charge in [-0.3, -0.25) is 4.90 Å². The van der Waals surface area contributed by atoms with Gasteiger partial charge in [0, 0.05) is 26.3 Å². The molecule has 0 spiro atoms. The maximum atomic E-state index is 12.3. The summed E-state index contributed by atoms with van der Waals surface area (Å²) in [5, 5.41) is 2.93. The summed E-state index contributed by atoms with van der Waals surface area (Å²) in [4.78, 5) is 14.7. The number of rotatable bonds is 40. The largest absolute Gasteiger partial charge is 0.448 e. The van der Waals surface area contributed by atoms with Crippen molar-refractivity contribution in [2.45, 2.75) is 213 Å². The van der Waals surface area contributed by atoms with Crippen LogP contribution in [0.15, 0.2) is 24.3 Å². The van der Waals surface area contributed by atoms with Crippen molar-refractivity contribution in [2.75, 3.05) is 52.6 Å². The maximum absolute atomic E-state index is 12.3. The summed E-state index contributed by atoms with van der Waals surface area (Å²) >= 11 is 0. The predicted octanol–water partition coefficient (Wildman–Crippen LogP) is 13.3. The number of alkyl carbamates (subject to hydrolysis) is 1. The summed E-state index contributed by atoms with van der Waals surface area (Å²) in [7, 11) is 0. The van der Waals surface area contributed by atoms with E-state index in [0.29, 0.717) is 19.8 Å². The van der Waals surface area contributed by atoms with Gasteiger partial charge in [-0.15, -0.1) is 0 Å². The van der Waals surface area contributed by atoms with Crippen LogP contribution in [0.4, 0.5) is 4.79 Å². The normalized spacial score (nSPS) is 14.3. The highest BCUT2D eigenvalue weighted by Crippen LogP contribution is 2.12. The van der Waals surface area contributed by atoms with Gasteiger partial charge in [0.15, 0.2) is 0 Å². The van der Waals surface area contributed by atoms with E-state index in [9.17, 15) is 4.79 Å². The Morgan fingerprint density at radius 2 is 0.981 bits per heavy atom. The highest BCUT2D eigenvalue weighted by molar-refractivity contribution is 5.67. The van der Waals surface area contributed by atoms with E-state index in [1.807, 2.05) is 0 Å². The molecule has 1 N–H and O–H groups in total. The zero-order valence-electron chi connectivity index (χ0n) is 34.8. The molecule has 52 heavy (non-hydrogen) atoms. The molecule has 1 heterocycles. The third-order valence-electron chi connectivity index (χ3n) is 10.4. The van der Waals surface area contributed by atoms with E-state index in [1.54, 1.807) is 0 Å². The van der Waals surface area contributed by atoms with E-state index in [1.165, 1.54) is 180 Å². The number of likely N-dealkylation sites (tertiary alicyclic amines) is 1. The zero-order chi connectivity index (χ0) is 37.3. The molecule has 1 fully saturated rings. The van der Waals surface area contributed by atoms with Crippen molar-refractivity contribution >= 4 is 6.09 Å². The van der Waals surface area contributed by atoms with Crippen molar-refractivity contribution in [3.05, 3.63) is 24.3 Å². The minimum Gasteiger partial charge on any atom is -0.448 e. The van der Waals surface area contributed by atoms with E-state index in [-0.39, 0.29) is 12.2 Å². The van der Waals surface area contributed by atoms with Gasteiger partial charge >= 0.3 is 6.09 Å². The third-order valence-corrected chi connectivity index (χ3v) is 10.4. The topological polar surface area (TPSA) is 60.0 Å². The van der Waals surface area contributed by atoms with Gasteiger partial charge in [-0.2, -0.15) is 0 Å². The van der Waals surface area contributed by atoms with Crippen LogP contribution < -0.4 is 5.32 Å². The molecule has 0 aromatic heterocycles. The molecule has 0 bridgehead atoms. The van der Waals surface area contributed by atoms with E-state index in [2.05, 4.69) is 48.4 Å². The number of amides is 1. The smallest absolute Gasteiger partial charge is 0.407 e. The van der Waals surface area contributed by atoms with Crippen LogP contribution in [0.5, 0.6) is 0 Å². The third kappa shape index (κ3) is 35.6. The second-order valence-electron chi connectivity index (χ2n) is 15.5. The summed E-state index contributed by atoms with van der Waals surface area (Å²) in [6.07, 6.45) is 48.2. The second-order valence-corrected chi connectivity index (χ2v) is 15.5. The second kappa shape index (κ2) is 40.8. The Morgan fingerprint density at radius 1 is 0.558 bits per heavy atom. The first-order valence-corrected chi connectivity index (χ1v) is 22.9. The molecular formula is C46H88N2O4. The molecule has 0 saturated carbocycles. The number of hydrogen-bond donors (Lipinski definition) is 1. The molecule has 1 amide bonds. The van der Waals surface area contributed by atoms with E-state index >= 15 is 0 Å². The number of ether oxygens (including phenoxy) is 3. The van der Waals surface area contributed by atoms with Crippen LogP contribution in [0.1, 0.15) is 206 Å². The lowest BCUT2D eigenvalue weighted by atomic mass is 10.1. The van der Waals surface area contributed by atoms with Gasteiger partial charge in [-0.05, 0) is 90.1 Å². The van der Waals surface area contributed by atoms with Gasteiger partial charge in [0.05, 0.1) is 12.7 Å². The first-order chi connectivity index (χ1) is 25.8. The van der Waals surface area contributed by atoms with Crippen molar-refractivity contribution in [3.63, 3.8) is 0 Å². The summed E-state index contributed by atoms with van der Waals surface area (Å²) in [5.74, 6) is 0. The monoisotopic (exact) mass is 733 g/mol. The number of hydrogen-bond acceptors (Lipinski definition) is 5. The molecule has 1 rings (SSSR count). The molecule has 1 aliphatic rings. The standard InChI is InChI=1S/C46H88N2O4/c1-3-5-7-9-11-13-15-17-19-21-23-25-27-29-31-35-40-50-44-45(43-47-46(49)52-42-39-48-37-33-34-38-48)51-41-36-32-30-28-26-24-22-20-18-16-14-12-10-8-6-4-2/h17-20,45H,3-16,21-44H2,1-2H3,(H,47,49). The van der Waals surface area contributed by atoms with Crippen LogP contribution in [0.25, 0.3) is 0 Å². The van der Waals surface area contributed by atoms with Crippen molar-refractivity contribution in [2.24, 2.45) is 0 Å².